The van der Waals surface area contributed by atoms with Crippen LogP contribution in [0.4, 0.5) is 5.82 Å². The first kappa shape index (κ1) is 14.8. The van der Waals surface area contributed by atoms with E-state index in [2.05, 4.69) is 5.10 Å². The SMILES string of the molecule is CCOC(=O)c1ccc(-n2nc(-c3ccccc3)cc2N)cc1. The van der Waals surface area contributed by atoms with Crippen LogP contribution in [0.3, 0.4) is 0 Å². The highest BCUT2D eigenvalue weighted by molar-refractivity contribution is 5.89. The van der Waals surface area contributed by atoms with E-state index in [0.717, 1.165) is 16.9 Å². The summed E-state index contributed by atoms with van der Waals surface area (Å²) in [5.74, 6) is 0.199. The first-order chi connectivity index (χ1) is 11.2. The molecule has 0 saturated heterocycles. The van der Waals surface area contributed by atoms with E-state index in [1.54, 1.807) is 35.9 Å². The van der Waals surface area contributed by atoms with Gasteiger partial charge in [0.25, 0.3) is 0 Å². The Bertz CT molecular complexity index is 808. The van der Waals surface area contributed by atoms with Crippen LogP contribution >= 0.6 is 0 Å². The molecule has 0 saturated carbocycles. The van der Waals surface area contributed by atoms with Crippen molar-refractivity contribution in [2.75, 3.05) is 12.3 Å². The van der Waals surface area contributed by atoms with Gasteiger partial charge in [-0.3, -0.25) is 0 Å². The van der Waals surface area contributed by atoms with Crippen LogP contribution in [0.1, 0.15) is 17.3 Å². The summed E-state index contributed by atoms with van der Waals surface area (Å²) < 4.78 is 6.62. The monoisotopic (exact) mass is 307 g/mol. The molecule has 1 heterocycles. The fourth-order valence-electron chi connectivity index (χ4n) is 2.31. The maximum Gasteiger partial charge on any atom is 0.338 e. The second-order valence-electron chi connectivity index (χ2n) is 5.00. The van der Waals surface area contributed by atoms with Gasteiger partial charge in [0.1, 0.15) is 5.82 Å². The van der Waals surface area contributed by atoms with Crippen LogP contribution in [-0.2, 0) is 4.74 Å². The van der Waals surface area contributed by atoms with Crippen molar-refractivity contribution in [1.82, 2.24) is 9.78 Å². The molecular formula is C18H17N3O2. The standard InChI is InChI=1S/C18H17N3O2/c1-2-23-18(22)14-8-10-15(11-9-14)21-17(19)12-16(20-21)13-6-4-3-5-7-13/h3-12H,2,19H2,1H3. The molecule has 3 rings (SSSR count). The number of benzene rings is 2. The number of aromatic nitrogens is 2. The van der Waals surface area contributed by atoms with Crippen molar-refractivity contribution >= 4 is 11.8 Å². The number of carbonyl (C=O) groups excluding carboxylic acids is 1. The van der Waals surface area contributed by atoms with Crippen LogP contribution < -0.4 is 5.73 Å². The third kappa shape index (κ3) is 3.08. The molecule has 3 aromatic rings. The molecule has 0 aliphatic rings. The number of esters is 1. The highest BCUT2D eigenvalue weighted by atomic mass is 16.5. The normalized spacial score (nSPS) is 10.5. The van der Waals surface area contributed by atoms with Crippen LogP contribution in [0.25, 0.3) is 16.9 Å². The number of ether oxygens (including phenoxy) is 1. The highest BCUT2D eigenvalue weighted by Crippen LogP contribution is 2.23. The van der Waals surface area contributed by atoms with E-state index in [9.17, 15) is 4.79 Å². The first-order valence-corrected chi connectivity index (χ1v) is 7.37. The fraction of sp³-hybridized carbons (Fsp3) is 0.111. The quantitative estimate of drug-likeness (QED) is 0.751. The maximum absolute atomic E-state index is 11.7. The van der Waals surface area contributed by atoms with Crippen molar-refractivity contribution in [2.24, 2.45) is 0 Å². The number of hydrogen-bond acceptors (Lipinski definition) is 4. The van der Waals surface area contributed by atoms with Gasteiger partial charge in [0, 0.05) is 11.6 Å². The van der Waals surface area contributed by atoms with Gasteiger partial charge in [0.2, 0.25) is 0 Å². The summed E-state index contributed by atoms with van der Waals surface area (Å²) in [4.78, 5) is 11.7. The summed E-state index contributed by atoms with van der Waals surface area (Å²) in [6.45, 7) is 2.13. The molecule has 2 aromatic carbocycles. The van der Waals surface area contributed by atoms with Crippen LogP contribution in [0, 0.1) is 0 Å². The number of anilines is 1. The molecule has 0 amide bonds. The molecule has 1 aromatic heterocycles. The zero-order valence-electron chi connectivity index (χ0n) is 12.8. The average molecular weight is 307 g/mol. The molecule has 0 atom stereocenters. The average Bonchev–Trinajstić information content (AvgIpc) is 2.98. The molecule has 5 heteroatoms. The van der Waals surface area contributed by atoms with Crippen molar-refractivity contribution in [3.63, 3.8) is 0 Å². The summed E-state index contributed by atoms with van der Waals surface area (Å²) in [7, 11) is 0. The third-order valence-electron chi connectivity index (χ3n) is 3.43. The molecule has 2 N–H and O–H groups in total. The lowest BCUT2D eigenvalue weighted by Crippen LogP contribution is -2.06. The molecule has 23 heavy (non-hydrogen) atoms. The van der Waals surface area contributed by atoms with E-state index in [1.165, 1.54) is 0 Å². The van der Waals surface area contributed by atoms with Crippen LogP contribution in [-0.4, -0.2) is 22.4 Å². The van der Waals surface area contributed by atoms with Gasteiger partial charge in [-0.2, -0.15) is 5.10 Å². The molecule has 0 aliphatic carbocycles. The highest BCUT2D eigenvalue weighted by Gasteiger charge is 2.10. The van der Waals surface area contributed by atoms with Crippen molar-refractivity contribution in [2.45, 2.75) is 6.92 Å². The second kappa shape index (κ2) is 6.36. The predicted octanol–water partition coefficient (Wildman–Crippen LogP) is 3.30. The zero-order valence-corrected chi connectivity index (χ0v) is 12.8. The van der Waals surface area contributed by atoms with Gasteiger partial charge in [0.05, 0.1) is 23.6 Å². The second-order valence-corrected chi connectivity index (χ2v) is 5.00. The Morgan fingerprint density at radius 1 is 1.13 bits per heavy atom. The lowest BCUT2D eigenvalue weighted by atomic mass is 10.2. The minimum absolute atomic E-state index is 0.336. The number of hydrogen-bond donors (Lipinski definition) is 1. The minimum Gasteiger partial charge on any atom is -0.462 e. The van der Waals surface area contributed by atoms with E-state index < -0.39 is 0 Å². The lowest BCUT2D eigenvalue weighted by Gasteiger charge is -2.05. The first-order valence-electron chi connectivity index (χ1n) is 7.37. The van der Waals surface area contributed by atoms with Gasteiger partial charge in [-0.25, -0.2) is 9.48 Å². The Morgan fingerprint density at radius 2 is 1.83 bits per heavy atom. The lowest BCUT2D eigenvalue weighted by molar-refractivity contribution is 0.0526. The molecule has 0 radical (unpaired) electrons. The van der Waals surface area contributed by atoms with Crippen molar-refractivity contribution in [3.8, 4) is 16.9 Å². The topological polar surface area (TPSA) is 70.1 Å². The summed E-state index contributed by atoms with van der Waals surface area (Å²) in [6.07, 6.45) is 0. The summed E-state index contributed by atoms with van der Waals surface area (Å²) >= 11 is 0. The molecule has 0 aliphatic heterocycles. The van der Waals surface area contributed by atoms with Crippen LogP contribution in [0.5, 0.6) is 0 Å². The largest absolute Gasteiger partial charge is 0.462 e. The van der Waals surface area contributed by atoms with Gasteiger partial charge in [-0.1, -0.05) is 30.3 Å². The van der Waals surface area contributed by atoms with Crippen LogP contribution in [0.15, 0.2) is 60.7 Å². The van der Waals surface area contributed by atoms with E-state index in [1.807, 2.05) is 36.4 Å². The number of nitrogen functional groups attached to an aromatic ring is 1. The molecule has 116 valence electrons. The van der Waals surface area contributed by atoms with E-state index >= 15 is 0 Å². The Hall–Kier alpha value is -3.08. The molecule has 0 unspecified atom stereocenters. The molecule has 0 fully saturated rings. The Morgan fingerprint density at radius 3 is 2.48 bits per heavy atom. The van der Waals surface area contributed by atoms with E-state index in [4.69, 9.17) is 10.5 Å². The van der Waals surface area contributed by atoms with Crippen LogP contribution in [0.2, 0.25) is 0 Å². The smallest absolute Gasteiger partial charge is 0.338 e. The van der Waals surface area contributed by atoms with Gasteiger partial charge < -0.3 is 10.5 Å². The zero-order chi connectivity index (χ0) is 16.2. The summed E-state index contributed by atoms with van der Waals surface area (Å²) in [5, 5.41) is 4.54. The van der Waals surface area contributed by atoms with Gasteiger partial charge >= 0.3 is 5.97 Å². The fourth-order valence-corrected chi connectivity index (χ4v) is 2.31. The van der Waals surface area contributed by atoms with Gasteiger partial charge in [0.15, 0.2) is 0 Å². The molecule has 0 bridgehead atoms. The Balaban J connectivity index is 1.90. The number of rotatable bonds is 4. The van der Waals surface area contributed by atoms with E-state index in [-0.39, 0.29) is 5.97 Å². The number of nitrogens with two attached hydrogens (primary N) is 1. The maximum atomic E-state index is 11.7. The predicted molar refractivity (Wildman–Crippen MR) is 89.4 cm³/mol. The molecule has 0 spiro atoms. The molecule has 5 nitrogen and oxygen atoms in total. The Kier molecular flexibility index (Phi) is 4.10. The number of nitrogens with zero attached hydrogens (tertiary/aromatic N) is 2. The minimum atomic E-state index is -0.336. The van der Waals surface area contributed by atoms with Crippen molar-refractivity contribution < 1.29 is 9.53 Å². The summed E-state index contributed by atoms with van der Waals surface area (Å²) in [6, 6.07) is 18.7. The van der Waals surface area contributed by atoms with Crippen molar-refractivity contribution in [3.05, 3.63) is 66.2 Å². The van der Waals surface area contributed by atoms with Gasteiger partial charge in [-0.15, -0.1) is 0 Å². The Labute approximate surface area is 134 Å². The molecular weight excluding hydrogens is 290 g/mol. The van der Waals surface area contributed by atoms with E-state index in [0.29, 0.717) is 18.0 Å². The third-order valence-corrected chi connectivity index (χ3v) is 3.43. The summed E-state index contributed by atoms with van der Waals surface area (Å²) in [5.41, 5.74) is 9.16. The van der Waals surface area contributed by atoms with Gasteiger partial charge in [-0.05, 0) is 31.2 Å². The van der Waals surface area contributed by atoms with Crippen molar-refractivity contribution in [1.29, 1.82) is 0 Å². The number of carbonyl (C=O) groups is 1.